The van der Waals surface area contributed by atoms with Crippen molar-refractivity contribution in [2.45, 2.75) is 18.9 Å². The number of ether oxygens (including phenoxy) is 1. The summed E-state index contributed by atoms with van der Waals surface area (Å²) in [6.45, 7) is 1.75. The number of hydrogen-bond acceptors (Lipinski definition) is 4. The van der Waals surface area contributed by atoms with Crippen molar-refractivity contribution in [1.82, 2.24) is 20.0 Å². The zero-order valence-electron chi connectivity index (χ0n) is 18.5. The zero-order valence-corrected chi connectivity index (χ0v) is 18.5. The van der Waals surface area contributed by atoms with Gasteiger partial charge in [-0.3, -0.25) is 14.5 Å². The molecule has 0 saturated carbocycles. The maximum atomic E-state index is 13.4. The Morgan fingerprint density at radius 2 is 1.76 bits per heavy atom. The van der Waals surface area contributed by atoms with Gasteiger partial charge in [0.25, 0.3) is 5.91 Å². The average Bonchev–Trinajstić information content (AvgIpc) is 3.47. The quantitative estimate of drug-likeness (QED) is 0.766. The molecule has 3 heterocycles. The Morgan fingerprint density at radius 3 is 2.52 bits per heavy atom. The molecule has 5 rings (SSSR count). The van der Waals surface area contributed by atoms with E-state index in [0.29, 0.717) is 22.8 Å². The summed E-state index contributed by atoms with van der Waals surface area (Å²) in [4.78, 5) is 43.6. The summed E-state index contributed by atoms with van der Waals surface area (Å²) in [5.74, 6) is 1.05. The van der Waals surface area contributed by atoms with Crippen LogP contribution in [0.5, 0.6) is 11.5 Å². The Balaban J connectivity index is 1.40. The van der Waals surface area contributed by atoms with Crippen molar-refractivity contribution in [3.8, 4) is 11.5 Å². The van der Waals surface area contributed by atoms with Crippen molar-refractivity contribution >= 4 is 17.8 Å². The maximum absolute atomic E-state index is 13.4. The predicted molar refractivity (Wildman–Crippen MR) is 121 cm³/mol. The van der Waals surface area contributed by atoms with E-state index in [2.05, 4.69) is 5.32 Å². The SMILES string of the molecule is CN1C(=O)NC(c2cccc(Oc3ccccc3)c2)C2=C1CN(CC(=O)N1CCCC1)C2=O. The first-order valence-corrected chi connectivity index (χ1v) is 11.2. The zero-order chi connectivity index (χ0) is 22.9. The van der Waals surface area contributed by atoms with Gasteiger partial charge in [0.05, 0.1) is 23.9 Å². The fourth-order valence-electron chi connectivity index (χ4n) is 4.61. The lowest BCUT2D eigenvalue weighted by Gasteiger charge is -2.31. The molecule has 1 fully saturated rings. The Labute approximate surface area is 192 Å². The summed E-state index contributed by atoms with van der Waals surface area (Å²) in [6.07, 6.45) is 2.00. The molecule has 33 heavy (non-hydrogen) atoms. The van der Waals surface area contributed by atoms with Gasteiger partial charge in [0, 0.05) is 20.1 Å². The lowest BCUT2D eigenvalue weighted by Crippen LogP contribution is -2.45. The monoisotopic (exact) mass is 446 g/mol. The molecule has 1 saturated heterocycles. The molecular formula is C25H26N4O4. The minimum atomic E-state index is -0.609. The fourth-order valence-corrected chi connectivity index (χ4v) is 4.61. The van der Waals surface area contributed by atoms with Gasteiger partial charge in [-0.05, 0) is 42.7 Å². The third kappa shape index (κ3) is 4.04. The van der Waals surface area contributed by atoms with Gasteiger partial charge < -0.3 is 19.9 Å². The number of urea groups is 1. The molecule has 170 valence electrons. The van der Waals surface area contributed by atoms with Gasteiger partial charge >= 0.3 is 6.03 Å². The predicted octanol–water partition coefficient (Wildman–Crippen LogP) is 2.89. The van der Waals surface area contributed by atoms with Gasteiger partial charge in [-0.1, -0.05) is 30.3 Å². The first-order chi connectivity index (χ1) is 16.0. The highest BCUT2D eigenvalue weighted by molar-refractivity contribution is 6.03. The number of rotatable bonds is 5. The molecule has 0 spiro atoms. The van der Waals surface area contributed by atoms with Crippen LogP contribution in [0.2, 0.25) is 0 Å². The van der Waals surface area contributed by atoms with Gasteiger partial charge in [-0.25, -0.2) is 4.79 Å². The van der Waals surface area contributed by atoms with E-state index in [1.165, 1.54) is 4.90 Å². The van der Waals surface area contributed by atoms with Gasteiger partial charge in [0.2, 0.25) is 5.91 Å². The van der Waals surface area contributed by atoms with Gasteiger partial charge in [-0.15, -0.1) is 0 Å². The number of nitrogens with zero attached hydrogens (tertiary/aromatic N) is 3. The van der Waals surface area contributed by atoms with Crippen molar-refractivity contribution in [2.75, 3.05) is 33.2 Å². The highest BCUT2D eigenvalue weighted by Gasteiger charge is 2.43. The lowest BCUT2D eigenvalue weighted by molar-refractivity contribution is -0.137. The third-order valence-electron chi connectivity index (χ3n) is 6.39. The number of carbonyl (C=O) groups is 3. The van der Waals surface area contributed by atoms with E-state index in [1.54, 1.807) is 16.8 Å². The van der Waals surface area contributed by atoms with Gasteiger partial charge in [0.1, 0.15) is 18.0 Å². The molecule has 4 amide bonds. The summed E-state index contributed by atoms with van der Waals surface area (Å²) in [5, 5.41) is 2.94. The van der Waals surface area contributed by atoms with Crippen LogP contribution in [-0.2, 0) is 9.59 Å². The smallest absolute Gasteiger partial charge is 0.322 e. The molecule has 1 N–H and O–H groups in total. The molecule has 0 bridgehead atoms. The molecule has 1 atom stereocenters. The van der Waals surface area contributed by atoms with Crippen LogP contribution in [-0.4, -0.2) is 65.8 Å². The van der Waals surface area contributed by atoms with Crippen molar-refractivity contribution in [3.05, 3.63) is 71.4 Å². The van der Waals surface area contributed by atoms with Crippen LogP contribution in [0.3, 0.4) is 0 Å². The number of hydrogen-bond donors (Lipinski definition) is 1. The first-order valence-electron chi connectivity index (χ1n) is 11.2. The Bertz CT molecular complexity index is 1120. The summed E-state index contributed by atoms with van der Waals surface area (Å²) < 4.78 is 5.94. The van der Waals surface area contributed by atoms with Gasteiger partial charge in [0.15, 0.2) is 0 Å². The van der Waals surface area contributed by atoms with E-state index in [4.69, 9.17) is 4.74 Å². The fraction of sp³-hybridized carbons (Fsp3) is 0.320. The lowest BCUT2D eigenvalue weighted by atomic mass is 9.95. The summed E-state index contributed by atoms with van der Waals surface area (Å²) in [5.41, 5.74) is 1.89. The Kier molecular flexibility index (Phi) is 5.50. The summed E-state index contributed by atoms with van der Waals surface area (Å²) in [7, 11) is 1.65. The van der Waals surface area contributed by atoms with Crippen LogP contribution in [0.4, 0.5) is 4.79 Å². The van der Waals surface area contributed by atoms with E-state index in [0.717, 1.165) is 31.5 Å². The van der Waals surface area contributed by atoms with E-state index in [-0.39, 0.29) is 30.9 Å². The molecule has 3 aliphatic rings. The number of nitrogens with one attached hydrogen (secondary N) is 1. The number of likely N-dealkylation sites (tertiary alicyclic amines) is 1. The standard InChI is InChI=1S/C25H26N4O4/c1-27-20-15-29(16-21(30)28-12-5-6-13-28)24(31)22(20)23(26-25(27)32)17-8-7-11-19(14-17)33-18-9-3-2-4-10-18/h2-4,7-11,14,23H,5-6,12-13,15-16H2,1H3,(H,26,32). The topological polar surface area (TPSA) is 82.2 Å². The minimum absolute atomic E-state index is 0.0255. The van der Waals surface area contributed by atoms with E-state index in [9.17, 15) is 14.4 Å². The molecule has 2 aromatic rings. The molecular weight excluding hydrogens is 420 g/mol. The summed E-state index contributed by atoms with van der Waals surface area (Å²) in [6, 6.07) is 15.9. The van der Waals surface area contributed by atoms with Crippen molar-refractivity contribution in [2.24, 2.45) is 0 Å². The van der Waals surface area contributed by atoms with Crippen LogP contribution in [0.25, 0.3) is 0 Å². The van der Waals surface area contributed by atoms with E-state index < -0.39 is 6.04 Å². The first kappa shape index (κ1) is 21.1. The number of benzene rings is 2. The van der Waals surface area contributed by atoms with Crippen LogP contribution in [0.1, 0.15) is 24.4 Å². The highest BCUT2D eigenvalue weighted by atomic mass is 16.5. The average molecular weight is 447 g/mol. The molecule has 8 nitrogen and oxygen atoms in total. The molecule has 2 aromatic carbocycles. The summed E-state index contributed by atoms with van der Waals surface area (Å²) >= 11 is 0. The highest BCUT2D eigenvalue weighted by Crippen LogP contribution is 2.37. The van der Waals surface area contributed by atoms with E-state index in [1.807, 2.05) is 54.6 Å². The number of carbonyl (C=O) groups excluding carboxylic acids is 3. The second-order valence-electron chi connectivity index (χ2n) is 8.54. The van der Waals surface area contributed by atoms with Crippen LogP contribution in [0.15, 0.2) is 65.9 Å². The second-order valence-corrected chi connectivity index (χ2v) is 8.54. The number of amides is 4. The largest absolute Gasteiger partial charge is 0.457 e. The van der Waals surface area contributed by atoms with Crippen LogP contribution >= 0.6 is 0 Å². The van der Waals surface area contributed by atoms with Crippen molar-refractivity contribution in [3.63, 3.8) is 0 Å². The number of para-hydroxylation sites is 1. The molecule has 0 aromatic heterocycles. The molecule has 8 heteroatoms. The normalized spacial score (nSPS) is 20.3. The van der Waals surface area contributed by atoms with Crippen LogP contribution in [0, 0.1) is 0 Å². The Morgan fingerprint density at radius 1 is 1.03 bits per heavy atom. The van der Waals surface area contributed by atoms with Crippen molar-refractivity contribution < 1.29 is 19.1 Å². The van der Waals surface area contributed by atoms with Gasteiger partial charge in [-0.2, -0.15) is 0 Å². The molecule has 3 aliphatic heterocycles. The maximum Gasteiger partial charge on any atom is 0.322 e. The molecule has 1 unspecified atom stereocenters. The second kappa shape index (κ2) is 8.61. The molecule has 0 aliphatic carbocycles. The number of likely N-dealkylation sites (N-methyl/N-ethyl adjacent to an activating group) is 1. The van der Waals surface area contributed by atoms with Crippen molar-refractivity contribution in [1.29, 1.82) is 0 Å². The molecule has 0 radical (unpaired) electrons. The Hall–Kier alpha value is -3.81. The van der Waals surface area contributed by atoms with Crippen LogP contribution < -0.4 is 10.1 Å². The van der Waals surface area contributed by atoms with E-state index >= 15 is 0 Å². The third-order valence-corrected chi connectivity index (χ3v) is 6.39. The minimum Gasteiger partial charge on any atom is -0.457 e.